The molecule has 0 fully saturated rings. The predicted molar refractivity (Wildman–Crippen MR) is 113 cm³/mol. The first-order valence-electron chi connectivity index (χ1n) is 9.24. The van der Waals surface area contributed by atoms with E-state index in [9.17, 15) is 18.0 Å². The van der Waals surface area contributed by atoms with Gasteiger partial charge in [0.25, 0.3) is 5.91 Å². The lowest BCUT2D eigenvalue weighted by molar-refractivity contribution is -0.155. The second-order valence-electron chi connectivity index (χ2n) is 6.94. The SMILES string of the molecule is Cc1ccc(S(=O)(=O)N(C)C)cc1NC(=O)C(C)OC(=O)COc1ccccc1C. The minimum absolute atomic E-state index is 0.0460. The number of ether oxygens (including phenoxy) is 2. The molecule has 0 saturated carbocycles. The minimum Gasteiger partial charge on any atom is -0.482 e. The molecule has 0 spiro atoms. The molecule has 0 aliphatic carbocycles. The molecule has 30 heavy (non-hydrogen) atoms. The Bertz CT molecular complexity index is 1030. The standard InChI is InChI=1S/C21H26N2O6S/c1-14-10-11-17(30(26,27)23(4)5)12-18(14)22-21(25)16(3)29-20(24)13-28-19-9-7-6-8-15(19)2/h6-12,16H,13H2,1-5H3,(H,22,25). The number of amides is 1. The summed E-state index contributed by atoms with van der Waals surface area (Å²) in [5, 5.41) is 2.61. The smallest absolute Gasteiger partial charge is 0.344 e. The number of sulfonamides is 1. The maximum absolute atomic E-state index is 12.4. The highest BCUT2D eigenvalue weighted by atomic mass is 32.2. The van der Waals surface area contributed by atoms with Crippen LogP contribution in [-0.2, 0) is 24.3 Å². The van der Waals surface area contributed by atoms with Gasteiger partial charge in [0.2, 0.25) is 10.0 Å². The van der Waals surface area contributed by atoms with E-state index in [-0.39, 0.29) is 11.5 Å². The fraction of sp³-hybridized carbons (Fsp3) is 0.333. The molecule has 1 amide bonds. The number of para-hydroxylation sites is 1. The van der Waals surface area contributed by atoms with Crippen LogP contribution in [0.2, 0.25) is 0 Å². The van der Waals surface area contributed by atoms with E-state index in [1.165, 1.54) is 33.2 Å². The molecular formula is C21H26N2O6S. The third-order valence-corrected chi connectivity index (χ3v) is 6.17. The number of nitrogens with one attached hydrogen (secondary N) is 1. The Kier molecular flexibility index (Phi) is 7.58. The molecular weight excluding hydrogens is 408 g/mol. The third-order valence-electron chi connectivity index (χ3n) is 4.36. The van der Waals surface area contributed by atoms with Crippen LogP contribution in [0.15, 0.2) is 47.4 Å². The second-order valence-corrected chi connectivity index (χ2v) is 9.09. The number of anilines is 1. The number of carbonyl (C=O) groups is 2. The molecule has 162 valence electrons. The summed E-state index contributed by atoms with van der Waals surface area (Å²) in [6.07, 6.45) is -1.09. The molecule has 2 aromatic carbocycles. The topological polar surface area (TPSA) is 102 Å². The highest BCUT2D eigenvalue weighted by molar-refractivity contribution is 7.89. The molecule has 1 N–H and O–H groups in total. The van der Waals surface area contributed by atoms with E-state index < -0.39 is 28.0 Å². The van der Waals surface area contributed by atoms with Crippen LogP contribution in [0.25, 0.3) is 0 Å². The van der Waals surface area contributed by atoms with Crippen LogP contribution in [0.3, 0.4) is 0 Å². The lowest BCUT2D eigenvalue weighted by Crippen LogP contribution is -2.32. The number of carbonyl (C=O) groups excluding carboxylic acids is 2. The highest BCUT2D eigenvalue weighted by Gasteiger charge is 2.22. The van der Waals surface area contributed by atoms with E-state index in [4.69, 9.17) is 9.47 Å². The number of aryl methyl sites for hydroxylation is 2. The fourth-order valence-electron chi connectivity index (χ4n) is 2.48. The van der Waals surface area contributed by atoms with Crippen molar-refractivity contribution in [1.82, 2.24) is 4.31 Å². The van der Waals surface area contributed by atoms with Crippen molar-refractivity contribution in [2.75, 3.05) is 26.0 Å². The maximum Gasteiger partial charge on any atom is 0.344 e. The summed E-state index contributed by atoms with van der Waals surface area (Å²) in [7, 11) is -0.799. The molecule has 1 atom stereocenters. The Morgan fingerprint density at radius 3 is 2.37 bits per heavy atom. The summed E-state index contributed by atoms with van der Waals surface area (Å²) in [5.74, 6) is -0.718. The van der Waals surface area contributed by atoms with Gasteiger partial charge in [-0.2, -0.15) is 0 Å². The van der Waals surface area contributed by atoms with Gasteiger partial charge in [-0.25, -0.2) is 17.5 Å². The zero-order valence-corrected chi connectivity index (χ0v) is 18.4. The number of hydrogen-bond donors (Lipinski definition) is 1. The van der Waals surface area contributed by atoms with Crippen molar-refractivity contribution in [2.24, 2.45) is 0 Å². The van der Waals surface area contributed by atoms with Gasteiger partial charge < -0.3 is 14.8 Å². The van der Waals surface area contributed by atoms with Gasteiger partial charge in [0.1, 0.15) is 5.75 Å². The van der Waals surface area contributed by atoms with Crippen LogP contribution in [0.1, 0.15) is 18.1 Å². The molecule has 0 aliphatic heterocycles. The van der Waals surface area contributed by atoms with Gasteiger partial charge in [-0.3, -0.25) is 4.79 Å². The van der Waals surface area contributed by atoms with Crippen molar-refractivity contribution >= 4 is 27.6 Å². The summed E-state index contributed by atoms with van der Waals surface area (Å²) in [6.45, 7) is 4.67. The zero-order valence-electron chi connectivity index (χ0n) is 17.6. The third kappa shape index (κ3) is 5.80. The monoisotopic (exact) mass is 434 g/mol. The summed E-state index contributed by atoms with van der Waals surface area (Å²) in [6, 6.07) is 11.7. The fourth-order valence-corrected chi connectivity index (χ4v) is 3.41. The first-order chi connectivity index (χ1) is 14.0. The molecule has 0 aliphatic rings. The molecule has 2 rings (SSSR count). The Hall–Kier alpha value is -2.91. The average Bonchev–Trinajstić information content (AvgIpc) is 2.68. The van der Waals surface area contributed by atoms with Crippen LogP contribution in [0, 0.1) is 13.8 Å². The molecule has 2 aromatic rings. The molecule has 0 heterocycles. The van der Waals surface area contributed by atoms with Crippen LogP contribution in [-0.4, -0.2) is 51.4 Å². The molecule has 9 heteroatoms. The summed E-state index contributed by atoms with van der Waals surface area (Å²) in [4.78, 5) is 24.5. The maximum atomic E-state index is 12.4. The Morgan fingerprint density at radius 2 is 1.73 bits per heavy atom. The first kappa shape index (κ1) is 23.4. The van der Waals surface area contributed by atoms with Gasteiger partial charge in [-0.15, -0.1) is 0 Å². The van der Waals surface area contributed by atoms with Crippen molar-refractivity contribution in [1.29, 1.82) is 0 Å². The van der Waals surface area contributed by atoms with Gasteiger partial charge in [0.05, 0.1) is 4.90 Å². The van der Waals surface area contributed by atoms with Crippen LogP contribution >= 0.6 is 0 Å². The van der Waals surface area contributed by atoms with E-state index in [0.29, 0.717) is 17.0 Å². The average molecular weight is 435 g/mol. The van der Waals surface area contributed by atoms with Gasteiger partial charge in [0.15, 0.2) is 12.7 Å². The first-order valence-corrected chi connectivity index (χ1v) is 10.7. The second kappa shape index (κ2) is 9.73. The molecule has 8 nitrogen and oxygen atoms in total. The van der Waals surface area contributed by atoms with Gasteiger partial charge in [-0.1, -0.05) is 24.3 Å². The zero-order chi connectivity index (χ0) is 22.5. The normalized spacial score (nSPS) is 12.3. The van der Waals surface area contributed by atoms with E-state index in [1.807, 2.05) is 19.1 Å². The predicted octanol–water partition coefficient (Wildman–Crippen LogP) is 2.50. The Morgan fingerprint density at radius 1 is 1.07 bits per heavy atom. The van der Waals surface area contributed by atoms with Crippen LogP contribution in [0.5, 0.6) is 5.75 Å². The summed E-state index contributed by atoms with van der Waals surface area (Å²) >= 11 is 0. The molecule has 1 unspecified atom stereocenters. The lowest BCUT2D eigenvalue weighted by atomic mass is 10.2. The van der Waals surface area contributed by atoms with Crippen molar-refractivity contribution in [3.05, 3.63) is 53.6 Å². The van der Waals surface area contributed by atoms with Crippen LogP contribution < -0.4 is 10.1 Å². The molecule has 0 radical (unpaired) electrons. The van der Waals surface area contributed by atoms with E-state index in [0.717, 1.165) is 9.87 Å². The van der Waals surface area contributed by atoms with Gasteiger partial charge in [-0.05, 0) is 50.1 Å². The number of rotatable bonds is 8. The van der Waals surface area contributed by atoms with Gasteiger partial charge in [0, 0.05) is 19.8 Å². The lowest BCUT2D eigenvalue weighted by Gasteiger charge is -2.17. The van der Waals surface area contributed by atoms with Crippen molar-refractivity contribution < 1.29 is 27.5 Å². The minimum atomic E-state index is -3.65. The number of nitrogens with zero attached hydrogens (tertiary/aromatic N) is 1. The highest BCUT2D eigenvalue weighted by Crippen LogP contribution is 2.22. The molecule has 0 bridgehead atoms. The molecule has 0 saturated heterocycles. The van der Waals surface area contributed by atoms with Crippen LogP contribution in [0.4, 0.5) is 5.69 Å². The molecule has 0 aromatic heterocycles. The Labute approximate surface area is 176 Å². The largest absolute Gasteiger partial charge is 0.482 e. The van der Waals surface area contributed by atoms with Crippen molar-refractivity contribution in [3.8, 4) is 5.75 Å². The van der Waals surface area contributed by atoms with E-state index >= 15 is 0 Å². The number of esters is 1. The Balaban J connectivity index is 2.00. The van der Waals surface area contributed by atoms with Gasteiger partial charge >= 0.3 is 5.97 Å². The summed E-state index contributed by atoms with van der Waals surface area (Å²) in [5.41, 5.74) is 1.86. The quantitative estimate of drug-likeness (QED) is 0.641. The van der Waals surface area contributed by atoms with E-state index in [2.05, 4.69) is 5.32 Å². The summed E-state index contributed by atoms with van der Waals surface area (Å²) < 4.78 is 36.2. The van der Waals surface area contributed by atoms with Crippen molar-refractivity contribution in [2.45, 2.75) is 31.8 Å². The van der Waals surface area contributed by atoms with Crippen molar-refractivity contribution in [3.63, 3.8) is 0 Å². The number of benzene rings is 2. The van der Waals surface area contributed by atoms with E-state index in [1.54, 1.807) is 25.1 Å². The number of hydrogen-bond acceptors (Lipinski definition) is 6.